The van der Waals surface area contributed by atoms with E-state index in [9.17, 15) is 8.42 Å². The molecule has 0 aliphatic carbocycles. The lowest BCUT2D eigenvalue weighted by Gasteiger charge is -2.15. The molecule has 0 aliphatic rings. The van der Waals surface area contributed by atoms with Gasteiger partial charge in [-0.25, -0.2) is 8.42 Å². The van der Waals surface area contributed by atoms with Crippen LogP contribution in [0, 0.1) is 5.92 Å². The van der Waals surface area contributed by atoms with Crippen molar-refractivity contribution in [2.45, 2.75) is 50.3 Å². The van der Waals surface area contributed by atoms with Gasteiger partial charge in [-0.05, 0) is 43.9 Å². The Labute approximate surface area is 110 Å². The second-order valence-corrected chi connectivity index (χ2v) is 7.90. The van der Waals surface area contributed by atoms with Crippen molar-refractivity contribution in [2.75, 3.05) is 0 Å². The summed E-state index contributed by atoms with van der Waals surface area (Å²) in [6, 6.07) is 6.93. The normalized spacial score (nSPS) is 14.2. The van der Waals surface area contributed by atoms with Gasteiger partial charge in [0, 0.05) is 6.04 Å². The van der Waals surface area contributed by atoms with Crippen LogP contribution in [0.2, 0.25) is 0 Å². The van der Waals surface area contributed by atoms with Crippen LogP contribution in [0.1, 0.15) is 45.7 Å². The lowest BCUT2D eigenvalue weighted by molar-refractivity contribution is 0.509. The standard InChI is InChI=1S/C14H23NO2S/c1-10(2)9-14(15)12-5-7-13(8-6-12)18(16,17)11(3)4/h5-8,10-11,14H,9,15H2,1-4H3. The van der Waals surface area contributed by atoms with Gasteiger partial charge in [-0.15, -0.1) is 0 Å². The van der Waals surface area contributed by atoms with Crippen molar-refractivity contribution in [1.29, 1.82) is 0 Å². The Kier molecular flexibility index (Phi) is 4.93. The van der Waals surface area contributed by atoms with Crippen molar-refractivity contribution < 1.29 is 8.42 Å². The molecule has 0 amide bonds. The molecule has 4 heteroatoms. The summed E-state index contributed by atoms with van der Waals surface area (Å²) in [6.45, 7) is 7.62. The zero-order valence-corrected chi connectivity index (χ0v) is 12.4. The fraction of sp³-hybridized carbons (Fsp3) is 0.571. The van der Waals surface area contributed by atoms with Crippen molar-refractivity contribution in [3.63, 3.8) is 0 Å². The number of sulfone groups is 1. The average molecular weight is 269 g/mol. The lowest BCUT2D eigenvalue weighted by Crippen LogP contribution is -2.15. The van der Waals surface area contributed by atoms with E-state index in [1.165, 1.54) is 0 Å². The van der Waals surface area contributed by atoms with Crippen molar-refractivity contribution in [3.8, 4) is 0 Å². The van der Waals surface area contributed by atoms with Crippen LogP contribution in [-0.4, -0.2) is 13.7 Å². The summed E-state index contributed by atoms with van der Waals surface area (Å²) in [7, 11) is -3.18. The van der Waals surface area contributed by atoms with E-state index in [1.54, 1.807) is 26.0 Å². The fourth-order valence-corrected chi connectivity index (χ4v) is 2.88. The summed E-state index contributed by atoms with van der Waals surface area (Å²) in [5, 5.41) is -0.396. The predicted molar refractivity (Wildman–Crippen MR) is 75.1 cm³/mol. The SMILES string of the molecule is CC(C)CC(N)c1ccc(S(=O)(=O)C(C)C)cc1. The van der Waals surface area contributed by atoms with Crippen LogP contribution in [0.15, 0.2) is 29.2 Å². The quantitative estimate of drug-likeness (QED) is 0.894. The molecule has 0 aromatic heterocycles. The highest BCUT2D eigenvalue weighted by Crippen LogP contribution is 2.22. The van der Waals surface area contributed by atoms with Gasteiger partial charge in [-0.3, -0.25) is 0 Å². The molecule has 1 aromatic carbocycles. The largest absolute Gasteiger partial charge is 0.324 e. The molecule has 0 heterocycles. The molecule has 0 saturated carbocycles. The van der Waals surface area contributed by atoms with Crippen LogP contribution in [-0.2, 0) is 9.84 Å². The summed E-state index contributed by atoms with van der Waals surface area (Å²) in [6.07, 6.45) is 0.899. The Morgan fingerprint density at radius 1 is 1.06 bits per heavy atom. The molecule has 102 valence electrons. The molecule has 0 bridgehead atoms. The molecule has 18 heavy (non-hydrogen) atoms. The highest BCUT2D eigenvalue weighted by Gasteiger charge is 2.19. The second kappa shape index (κ2) is 5.85. The van der Waals surface area contributed by atoms with Gasteiger partial charge in [0.2, 0.25) is 0 Å². The molecule has 0 fully saturated rings. The van der Waals surface area contributed by atoms with E-state index in [0.717, 1.165) is 12.0 Å². The summed E-state index contributed by atoms with van der Waals surface area (Å²) in [5.74, 6) is 0.527. The van der Waals surface area contributed by atoms with Gasteiger partial charge in [0.15, 0.2) is 9.84 Å². The third-order valence-electron chi connectivity index (χ3n) is 2.98. The van der Waals surface area contributed by atoms with Gasteiger partial charge in [0.25, 0.3) is 0 Å². The van der Waals surface area contributed by atoms with Crippen molar-refractivity contribution in [2.24, 2.45) is 11.7 Å². The Morgan fingerprint density at radius 3 is 1.94 bits per heavy atom. The van der Waals surface area contributed by atoms with E-state index >= 15 is 0 Å². The molecule has 1 aromatic rings. The minimum atomic E-state index is -3.18. The maximum atomic E-state index is 12.0. The molecule has 0 aliphatic heterocycles. The molecule has 1 unspecified atom stereocenters. The minimum Gasteiger partial charge on any atom is -0.324 e. The summed E-state index contributed by atoms with van der Waals surface area (Å²) >= 11 is 0. The fourth-order valence-electron chi connectivity index (χ4n) is 1.82. The number of hydrogen-bond acceptors (Lipinski definition) is 3. The second-order valence-electron chi connectivity index (χ2n) is 5.40. The maximum absolute atomic E-state index is 12.0. The Balaban J connectivity index is 2.94. The first-order valence-electron chi connectivity index (χ1n) is 6.34. The van der Waals surface area contributed by atoms with Crippen molar-refractivity contribution >= 4 is 9.84 Å². The van der Waals surface area contributed by atoms with Gasteiger partial charge in [0.1, 0.15) is 0 Å². The Morgan fingerprint density at radius 2 is 1.56 bits per heavy atom. The molecule has 1 rings (SSSR count). The number of rotatable bonds is 5. The zero-order valence-electron chi connectivity index (χ0n) is 11.6. The van der Waals surface area contributed by atoms with Crippen LogP contribution in [0.5, 0.6) is 0 Å². The monoisotopic (exact) mass is 269 g/mol. The molecule has 0 spiro atoms. The molecular formula is C14H23NO2S. The Bertz CT molecular complexity index is 475. The van der Waals surface area contributed by atoms with E-state index in [4.69, 9.17) is 5.73 Å². The highest BCUT2D eigenvalue weighted by atomic mass is 32.2. The van der Waals surface area contributed by atoms with E-state index in [-0.39, 0.29) is 6.04 Å². The van der Waals surface area contributed by atoms with E-state index < -0.39 is 15.1 Å². The van der Waals surface area contributed by atoms with Gasteiger partial charge in [-0.1, -0.05) is 26.0 Å². The van der Waals surface area contributed by atoms with Crippen LogP contribution in [0.4, 0.5) is 0 Å². The molecule has 1 atom stereocenters. The Hall–Kier alpha value is -0.870. The highest BCUT2D eigenvalue weighted by molar-refractivity contribution is 7.92. The summed E-state index contributed by atoms with van der Waals surface area (Å²) < 4.78 is 23.9. The first-order chi connectivity index (χ1) is 8.25. The maximum Gasteiger partial charge on any atom is 0.180 e. The summed E-state index contributed by atoms with van der Waals surface area (Å²) in [4.78, 5) is 0.373. The third kappa shape index (κ3) is 3.56. The number of nitrogens with two attached hydrogens (primary N) is 1. The zero-order chi connectivity index (χ0) is 13.9. The molecule has 0 radical (unpaired) electrons. The van der Waals surface area contributed by atoms with Gasteiger partial charge < -0.3 is 5.73 Å². The first-order valence-corrected chi connectivity index (χ1v) is 7.89. The van der Waals surface area contributed by atoms with Gasteiger partial charge in [0.05, 0.1) is 10.1 Å². The first kappa shape index (κ1) is 15.2. The van der Waals surface area contributed by atoms with E-state index in [0.29, 0.717) is 10.8 Å². The molecule has 3 nitrogen and oxygen atoms in total. The van der Waals surface area contributed by atoms with Crippen LogP contribution in [0.25, 0.3) is 0 Å². The van der Waals surface area contributed by atoms with Crippen molar-refractivity contribution in [1.82, 2.24) is 0 Å². The number of hydrogen-bond donors (Lipinski definition) is 1. The third-order valence-corrected chi connectivity index (χ3v) is 5.15. The minimum absolute atomic E-state index is 0.0270. The van der Waals surface area contributed by atoms with Crippen LogP contribution >= 0.6 is 0 Å². The van der Waals surface area contributed by atoms with Crippen LogP contribution < -0.4 is 5.73 Å². The van der Waals surface area contributed by atoms with Crippen molar-refractivity contribution in [3.05, 3.63) is 29.8 Å². The van der Waals surface area contributed by atoms with E-state index in [2.05, 4.69) is 13.8 Å². The average Bonchev–Trinajstić information content (AvgIpc) is 2.28. The lowest BCUT2D eigenvalue weighted by atomic mass is 9.98. The molecular weight excluding hydrogens is 246 g/mol. The van der Waals surface area contributed by atoms with Gasteiger partial charge in [-0.2, -0.15) is 0 Å². The predicted octanol–water partition coefficient (Wildman–Crippen LogP) is 2.91. The topological polar surface area (TPSA) is 60.2 Å². The van der Waals surface area contributed by atoms with Gasteiger partial charge >= 0.3 is 0 Å². The van der Waals surface area contributed by atoms with Crippen LogP contribution in [0.3, 0.4) is 0 Å². The van der Waals surface area contributed by atoms with E-state index in [1.807, 2.05) is 12.1 Å². The summed E-state index contributed by atoms with van der Waals surface area (Å²) in [5.41, 5.74) is 7.06. The smallest absolute Gasteiger partial charge is 0.180 e. The number of benzene rings is 1. The molecule has 2 N–H and O–H groups in total. The molecule has 0 saturated heterocycles.